The zero-order chi connectivity index (χ0) is 11.7. The molecule has 1 unspecified atom stereocenters. The minimum Gasteiger partial charge on any atom is -0.495 e. The monoisotopic (exact) mass is 332 g/mol. The lowest BCUT2D eigenvalue weighted by Crippen LogP contribution is -2.28. The van der Waals surface area contributed by atoms with Crippen LogP contribution < -0.4 is 15.4 Å². The van der Waals surface area contributed by atoms with Crippen LogP contribution in [-0.4, -0.2) is 25.6 Å². The summed E-state index contributed by atoms with van der Waals surface area (Å²) in [6.45, 7) is 0.565. The van der Waals surface area contributed by atoms with Crippen LogP contribution in [0.5, 0.6) is 5.75 Å². The molecule has 1 heterocycles. The smallest absolute Gasteiger partial charge is 0.228 e. The summed E-state index contributed by atoms with van der Waals surface area (Å²) >= 11 is 2.21. The Kier molecular flexibility index (Phi) is 3.34. The van der Waals surface area contributed by atoms with Crippen molar-refractivity contribution in [3.05, 3.63) is 21.8 Å². The lowest BCUT2D eigenvalue weighted by molar-refractivity contribution is -0.117. The number of anilines is 1. The molecule has 1 amide bonds. The molecule has 16 heavy (non-hydrogen) atoms. The molecule has 1 fully saturated rings. The second-order valence-corrected chi connectivity index (χ2v) is 5.03. The van der Waals surface area contributed by atoms with Crippen LogP contribution in [0.4, 0.5) is 5.69 Å². The Morgan fingerprint density at radius 3 is 2.88 bits per heavy atom. The molecule has 2 rings (SSSR count). The number of methoxy groups -OCH3 is 1. The summed E-state index contributed by atoms with van der Waals surface area (Å²) in [5, 5.41) is 0. The molecule has 1 atom stereocenters. The predicted molar refractivity (Wildman–Crippen MR) is 70.7 cm³/mol. The van der Waals surface area contributed by atoms with Gasteiger partial charge in [0, 0.05) is 22.6 Å². The number of carbonyl (C=O) groups is 1. The highest BCUT2D eigenvalue weighted by molar-refractivity contribution is 14.1. The first-order valence-electron chi connectivity index (χ1n) is 5.01. The molecule has 4 nitrogen and oxygen atoms in total. The van der Waals surface area contributed by atoms with E-state index < -0.39 is 0 Å². The third kappa shape index (κ3) is 2.15. The predicted octanol–water partition coefficient (Wildman–Crippen LogP) is 1.36. The summed E-state index contributed by atoms with van der Waals surface area (Å²) in [7, 11) is 1.60. The zero-order valence-corrected chi connectivity index (χ0v) is 11.1. The number of amides is 1. The van der Waals surface area contributed by atoms with Crippen LogP contribution in [0, 0.1) is 3.57 Å². The first-order chi connectivity index (χ1) is 7.61. The van der Waals surface area contributed by atoms with Gasteiger partial charge in [-0.15, -0.1) is 0 Å². The molecule has 2 N–H and O–H groups in total. The average Bonchev–Trinajstić information content (AvgIpc) is 2.57. The highest BCUT2D eigenvalue weighted by atomic mass is 127. The molecule has 86 valence electrons. The maximum absolute atomic E-state index is 11.8. The number of hydrogen-bond acceptors (Lipinski definition) is 3. The van der Waals surface area contributed by atoms with E-state index in [-0.39, 0.29) is 11.9 Å². The summed E-state index contributed by atoms with van der Waals surface area (Å²) in [4.78, 5) is 13.5. The van der Waals surface area contributed by atoms with Gasteiger partial charge in [0.25, 0.3) is 0 Å². The van der Waals surface area contributed by atoms with Crippen LogP contribution >= 0.6 is 22.6 Å². The van der Waals surface area contributed by atoms with E-state index in [1.807, 2.05) is 18.2 Å². The zero-order valence-electron chi connectivity index (χ0n) is 8.94. The minimum atomic E-state index is -0.0740. The fraction of sp³-hybridized carbons (Fsp3) is 0.364. The van der Waals surface area contributed by atoms with Crippen LogP contribution in [0.25, 0.3) is 0 Å². The number of nitrogens with two attached hydrogens (primary N) is 1. The van der Waals surface area contributed by atoms with Crippen LogP contribution in [0.15, 0.2) is 18.2 Å². The number of carbonyl (C=O) groups excluding carboxylic acids is 1. The fourth-order valence-corrected chi connectivity index (χ4v) is 2.32. The second kappa shape index (κ2) is 4.58. The van der Waals surface area contributed by atoms with Crippen molar-refractivity contribution < 1.29 is 9.53 Å². The normalized spacial score (nSPS) is 20.3. The van der Waals surface area contributed by atoms with E-state index in [9.17, 15) is 4.79 Å². The standard InChI is InChI=1S/C11H13IN2O2/c1-16-10-3-2-7(12)4-9(10)14-6-8(13)5-11(14)15/h2-4,8H,5-6,13H2,1H3. The van der Waals surface area contributed by atoms with E-state index in [4.69, 9.17) is 10.5 Å². The van der Waals surface area contributed by atoms with Gasteiger partial charge in [0.15, 0.2) is 0 Å². The highest BCUT2D eigenvalue weighted by Crippen LogP contribution is 2.32. The molecule has 5 heteroatoms. The van der Waals surface area contributed by atoms with E-state index in [1.165, 1.54) is 0 Å². The number of rotatable bonds is 2. The Labute approximate surface area is 108 Å². The summed E-state index contributed by atoms with van der Waals surface area (Å²) < 4.78 is 6.33. The van der Waals surface area contributed by atoms with Crippen LogP contribution in [0.2, 0.25) is 0 Å². The number of hydrogen-bond donors (Lipinski definition) is 1. The van der Waals surface area contributed by atoms with Gasteiger partial charge < -0.3 is 15.4 Å². The lowest BCUT2D eigenvalue weighted by atomic mass is 10.2. The fourth-order valence-electron chi connectivity index (χ4n) is 1.84. The molecule has 0 bridgehead atoms. The van der Waals surface area contributed by atoms with E-state index >= 15 is 0 Å². The molecule has 1 aromatic carbocycles. The van der Waals surface area contributed by atoms with Crippen molar-refractivity contribution in [2.75, 3.05) is 18.6 Å². The van der Waals surface area contributed by atoms with Gasteiger partial charge in [-0.05, 0) is 40.8 Å². The van der Waals surface area contributed by atoms with Crippen LogP contribution in [0.1, 0.15) is 6.42 Å². The molecule has 1 saturated heterocycles. The second-order valence-electron chi connectivity index (χ2n) is 3.78. The molecule has 0 spiro atoms. The van der Waals surface area contributed by atoms with Crippen LogP contribution in [0.3, 0.4) is 0 Å². The number of halogens is 1. The van der Waals surface area contributed by atoms with Crippen molar-refractivity contribution in [3.63, 3.8) is 0 Å². The van der Waals surface area contributed by atoms with Gasteiger partial charge >= 0.3 is 0 Å². The molecule has 0 saturated carbocycles. The van der Waals surface area contributed by atoms with Gasteiger partial charge in [0.05, 0.1) is 12.8 Å². The van der Waals surface area contributed by atoms with Crippen molar-refractivity contribution >= 4 is 34.2 Å². The Morgan fingerprint density at radius 2 is 2.31 bits per heavy atom. The summed E-state index contributed by atoms with van der Waals surface area (Å²) in [6, 6.07) is 5.68. The lowest BCUT2D eigenvalue weighted by Gasteiger charge is -2.19. The summed E-state index contributed by atoms with van der Waals surface area (Å²) in [5.74, 6) is 0.774. The maximum atomic E-state index is 11.8. The van der Waals surface area contributed by atoms with Crippen molar-refractivity contribution in [1.82, 2.24) is 0 Å². The molecular formula is C11H13IN2O2. The number of nitrogens with zero attached hydrogens (tertiary/aromatic N) is 1. The first kappa shape index (κ1) is 11.7. The largest absolute Gasteiger partial charge is 0.495 e. The third-order valence-corrected chi connectivity index (χ3v) is 3.26. The van der Waals surface area contributed by atoms with Gasteiger partial charge in [-0.3, -0.25) is 4.79 Å². The van der Waals surface area contributed by atoms with Crippen molar-refractivity contribution in [2.45, 2.75) is 12.5 Å². The van der Waals surface area contributed by atoms with E-state index in [1.54, 1.807) is 12.0 Å². The van der Waals surface area contributed by atoms with Crippen molar-refractivity contribution in [2.24, 2.45) is 5.73 Å². The summed E-state index contributed by atoms with van der Waals surface area (Å²) in [6.07, 6.45) is 0.411. The van der Waals surface area contributed by atoms with Gasteiger partial charge in [0.2, 0.25) is 5.91 Å². The molecule has 1 aliphatic heterocycles. The van der Waals surface area contributed by atoms with Gasteiger partial charge in [0.1, 0.15) is 5.75 Å². The van der Waals surface area contributed by atoms with E-state index in [2.05, 4.69) is 22.6 Å². The van der Waals surface area contributed by atoms with E-state index in [0.29, 0.717) is 18.7 Å². The molecule has 0 aliphatic carbocycles. The van der Waals surface area contributed by atoms with Gasteiger partial charge in [-0.25, -0.2) is 0 Å². The van der Waals surface area contributed by atoms with E-state index in [0.717, 1.165) is 9.26 Å². The maximum Gasteiger partial charge on any atom is 0.228 e. The number of ether oxygens (including phenoxy) is 1. The third-order valence-electron chi connectivity index (χ3n) is 2.59. The molecule has 1 aromatic rings. The molecular weight excluding hydrogens is 319 g/mol. The van der Waals surface area contributed by atoms with Crippen LogP contribution in [-0.2, 0) is 4.79 Å². The van der Waals surface area contributed by atoms with Crippen molar-refractivity contribution in [1.29, 1.82) is 0 Å². The number of benzene rings is 1. The first-order valence-corrected chi connectivity index (χ1v) is 6.09. The Bertz CT molecular complexity index is 422. The Balaban J connectivity index is 2.39. The van der Waals surface area contributed by atoms with Gasteiger partial charge in [-0.1, -0.05) is 0 Å². The molecule has 0 aromatic heterocycles. The van der Waals surface area contributed by atoms with Crippen molar-refractivity contribution in [3.8, 4) is 5.75 Å². The van der Waals surface area contributed by atoms with Gasteiger partial charge in [-0.2, -0.15) is 0 Å². The molecule has 1 aliphatic rings. The summed E-state index contributed by atoms with van der Waals surface area (Å²) in [5.41, 5.74) is 6.59. The quantitative estimate of drug-likeness (QED) is 0.832. The Hall–Kier alpha value is -0.820. The highest BCUT2D eigenvalue weighted by Gasteiger charge is 2.29. The molecule has 0 radical (unpaired) electrons. The SMILES string of the molecule is COc1ccc(I)cc1N1CC(N)CC1=O. The topological polar surface area (TPSA) is 55.6 Å². The Morgan fingerprint density at radius 1 is 1.56 bits per heavy atom. The minimum absolute atomic E-state index is 0.0628. The average molecular weight is 332 g/mol.